The molecule has 65 valence electrons. The number of rotatable bonds is 0. The average Bonchev–Trinajstić information content (AvgIpc) is 1.93. The Balaban J connectivity index is -0.000000116. The SMILES string of the molecule is O=C[O-].[Cu+2].[OH-].c1ccccc1. The molecule has 1 radical (unpaired) electrons. The van der Waals surface area contributed by atoms with Gasteiger partial charge in [-0.3, -0.25) is 0 Å². The number of hydrogen-bond acceptors (Lipinski definition) is 3. The molecule has 3 nitrogen and oxygen atoms in total. The maximum absolute atomic E-state index is 8.25. The van der Waals surface area contributed by atoms with Gasteiger partial charge >= 0.3 is 17.1 Å². The van der Waals surface area contributed by atoms with Crippen LogP contribution in [0, 0.1) is 0 Å². The van der Waals surface area contributed by atoms with E-state index in [4.69, 9.17) is 9.90 Å². The zero-order valence-electron chi connectivity index (χ0n) is 5.61. The van der Waals surface area contributed by atoms with E-state index in [2.05, 4.69) is 0 Å². The summed E-state index contributed by atoms with van der Waals surface area (Å²) >= 11 is 0. The third kappa shape index (κ3) is 17.6. The Morgan fingerprint density at radius 1 is 0.909 bits per heavy atom. The second-order valence-electron chi connectivity index (χ2n) is 1.25. The summed E-state index contributed by atoms with van der Waals surface area (Å²) < 4.78 is 0. The molecule has 0 atom stereocenters. The molecule has 0 bridgehead atoms. The van der Waals surface area contributed by atoms with Crippen molar-refractivity contribution in [3.8, 4) is 0 Å². The molecule has 0 aliphatic rings. The minimum atomic E-state index is -0.500. The Morgan fingerprint density at radius 2 is 1.00 bits per heavy atom. The molecule has 0 aromatic heterocycles. The molecule has 0 aliphatic heterocycles. The standard InChI is InChI=1S/C6H6.CH2O2.Cu.H2O/c1-2-4-6-5-3-1;2-1-3;;/h1-6H;1H,(H,2,3);;1H2/q;;+2;/p-2. The minimum Gasteiger partial charge on any atom is -0.870 e. The van der Waals surface area contributed by atoms with Crippen molar-refractivity contribution in [2.45, 2.75) is 0 Å². The van der Waals surface area contributed by atoms with E-state index < -0.39 is 6.47 Å². The van der Waals surface area contributed by atoms with Crippen LogP contribution in [-0.2, 0) is 21.9 Å². The van der Waals surface area contributed by atoms with E-state index in [1.54, 1.807) is 0 Å². The quantitative estimate of drug-likeness (QED) is 0.436. The molecule has 0 amide bonds. The van der Waals surface area contributed by atoms with Crippen LogP contribution in [0.2, 0.25) is 0 Å². The van der Waals surface area contributed by atoms with E-state index in [9.17, 15) is 0 Å². The summed E-state index contributed by atoms with van der Waals surface area (Å²) in [6.07, 6.45) is 0. The second-order valence-corrected chi connectivity index (χ2v) is 1.25. The van der Waals surface area contributed by atoms with Gasteiger partial charge in [0.1, 0.15) is 0 Å². The summed E-state index contributed by atoms with van der Waals surface area (Å²) in [7, 11) is 0. The van der Waals surface area contributed by atoms with Crippen molar-refractivity contribution >= 4 is 6.47 Å². The van der Waals surface area contributed by atoms with Gasteiger partial charge < -0.3 is 15.4 Å². The predicted octanol–water partition coefficient (Wildman–Crippen LogP) is -0.127. The number of hydrogen-bond donors (Lipinski definition) is 0. The molecular weight excluding hydrogens is 196 g/mol. The Labute approximate surface area is 75.8 Å². The van der Waals surface area contributed by atoms with Gasteiger partial charge in [-0.25, -0.2) is 0 Å². The van der Waals surface area contributed by atoms with Crippen molar-refractivity contribution < 1.29 is 32.4 Å². The van der Waals surface area contributed by atoms with Crippen LogP contribution in [-0.4, -0.2) is 11.9 Å². The first-order valence-corrected chi connectivity index (χ1v) is 2.47. The summed E-state index contributed by atoms with van der Waals surface area (Å²) in [6, 6.07) is 12.0. The van der Waals surface area contributed by atoms with E-state index in [1.807, 2.05) is 36.4 Å². The van der Waals surface area contributed by atoms with Crippen LogP contribution in [0.1, 0.15) is 0 Å². The predicted molar refractivity (Wildman–Crippen MR) is 34.4 cm³/mol. The van der Waals surface area contributed by atoms with E-state index in [1.165, 1.54) is 0 Å². The third-order valence-corrected chi connectivity index (χ3v) is 0.667. The van der Waals surface area contributed by atoms with Gasteiger partial charge in [-0.2, -0.15) is 0 Å². The molecule has 0 spiro atoms. The van der Waals surface area contributed by atoms with Crippen molar-refractivity contribution in [2.75, 3.05) is 0 Å². The van der Waals surface area contributed by atoms with Crippen LogP contribution in [0.25, 0.3) is 0 Å². The summed E-state index contributed by atoms with van der Waals surface area (Å²) in [6.45, 7) is -0.500. The number of carboxylic acid groups (broad SMARTS) is 1. The summed E-state index contributed by atoms with van der Waals surface area (Å²) in [5.41, 5.74) is 0. The number of carbonyl (C=O) groups excluding carboxylic acids is 1. The van der Waals surface area contributed by atoms with Gasteiger partial charge in [0.05, 0.1) is 0 Å². The molecule has 0 fully saturated rings. The first-order chi connectivity index (χ1) is 4.41. The first-order valence-electron chi connectivity index (χ1n) is 2.47. The Morgan fingerprint density at radius 3 is 1.09 bits per heavy atom. The Kier molecular flexibility index (Phi) is 24.3. The minimum absolute atomic E-state index is 0. The van der Waals surface area contributed by atoms with Crippen LogP contribution in [0.3, 0.4) is 0 Å². The topological polar surface area (TPSA) is 70.1 Å². The Bertz CT molecular complexity index is 117. The molecule has 0 saturated carbocycles. The zero-order chi connectivity index (χ0) is 6.95. The van der Waals surface area contributed by atoms with Crippen LogP contribution in [0.5, 0.6) is 0 Å². The number of benzene rings is 1. The van der Waals surface area contributed by atoms with Gasteiger partial charge in [0.15, 0.2) is 0 Å². The van der Waals surface area contributed by atoms with E-state index in [0.717, 1.165) is 0 Å². The molecular formula is C7H8CuO3. The molecule has 1 aromatic carbocycles. The monoisotopic (exact) mass is 203 g/mol. The summed E-state index contributed by atoms with van der Waals surface area (Å²) in [5, 5.41) is 8.25. The van der Waals surface area contributed by atoms with Gasteiger partial charge in [0, 0.05) is 6.47 Å². The van der Waals surface area contributed by atoms with E-state index >= 15 is 0 Å². The van der Waals surface area contributed by atoms with Crippen LogP contribution >= 0.6 is 0 Å². The molecule has 4 heteroatoms. The normalized spacial score (nSPS) is 5.45. The second kappa shape index (κ2) is 16.1. The zero-order valence-corrected chi connectivity index (χ0v) is 6.55. The largest absolute Gasteiger partial charge is 2.00 e. The van der Waals surface area contributed by atoms with Crippen LogP contribution in [0.4, 0.5) is 0 Å². The van der Waals surface area contributed by atoms with Gasteiger partial charge in [-0.15, -0.1) is 0 Å². The molecule has 0 heterocycles. The van der Waals surface area contributed by atoms with Crippen molar-refractivity contribution in [1.29, 1.82) is 0 Å². The van der Waals surface area contributed by atoms with Crippen LogP contribution < -0.4 is 5.11 Å². The van der Waals surface area contributed by atoms with E-state index in [0.29, 0.717) is 0 Å². The van der Waals surface area contributed by atoms with Gasteiger partial charge in [-0.05, 0) is 0 Å². The molecule has 0 aliphatic carbocycles. The molecule has 1 rings (SSSR count). The fourth-order valence-electron chi connectivity index (χ4n) is 0.385. The molecule has 0 saturated heterocycles. The summed E-state index contributed by atoms with van der Waals surface area (Å²) in [4.78, 5) is 8.25. The van der Waals surface area contributed by atoms with Gasteiger partial charge in [0.25, 0.3) is 0 Å². The maximum atomic E-state index is 8.25. The van der Waals surface area contributed by atoms with Crippen molar-refractivity contribution in [3.63, 3.8) is 0 Å². The van der Waals surface area contributed by atoms with E-state index in [-0.39, 0.29) is 22.5 Å². The first kappa shape index (κ1) is 16.6. The maximum Gasteiger partial charge on any atom is 2.00 e. The molecule has 0 unspecified atom stereocenters. The van der Waals surface area contributed by atoms with Crippen molar-refractivity contribution in [2.24, 2.45) is 0 Å². The molecule has 1 N–H and O–H groups in total. The average molecular weight is 204 g/mol. The third-order valence-electron chi connectivity index (χ3n) is 0.667. The van der Waals surface area contributed by atoms with Crippen LogP contribution in [0.15, 0.2) is 36.4 Å². The number of carbonyl (C=O) groups is 1. The molecule has 11 heavy (non-hydrogen) atoms. The fourth-order valence-corrected chi connectivity index (χ4v) is 0.385. The fraction of sp³-hybridized carbons (Fsp3) is 0. The smallest absolute Gasteiger partial charge is 0.870 e. The molecule has 1 aromatic rings. The van der Waals surface area contributed by atoms with Crippen molar-refractivity contribution in [1.82, 2.24) is 0 Å². The van der Waals surface area contributed by atoms with Gasteiger partial charge in [-0.1, -0.05) is 36.4 Å². The summed E-state index contributed by atoms with van der Waals surface area (Å²) in [5.74, 6) is 0. The van der Waals surface area contributed by atoms with Crippen molar-refractivity contribution in [3.05, 3.63) is 36.4 Å². The Hall–Kier alpha value is -0.831. The van der Waals surface area contributed by atoms with Gasteiger partial charge in [0.2, 0.25) is 0 Å².